The van der Waals surface area contributed by atoms with Gasteiger partial charge in [0.2, 0.25) is 0 Å². The van der Waals surface area contributed by atoms with Crippen LogP contribution in [0.4, 0.5) is 5.69 Å². The Morgan fingerprint density at radius 3 is 2.50 bits per heavy atom. The van der Waals surface area contributed by atoms with Crippen molar-refractivity contribution < 1.29 is 0 Å². The van der Waals surface area contributed by atoms with Gasteiger partial charge in [0, 0.05) is 18.7 Å². The normalized spacial score (nSPS) is 19.3. The minimum atomic E-state index is 0.405. The van der Waals surface area contributed by atoms with Crippen molar-refractivity contribution in [3.05, 3.63) is 112 Å². The van der Waals surface area contributed by atoms with Gasteiger partial charge in [-0.15, -0.1) is 0 Å². The maximum atomic E-state index is 2.47. The SMILES string of the molecule is C/C=C\c1ccc(C)c(-c2cc(C3=CC4c5ccccc5N(C)C4C=C3)ccc2C)c1C. The summed E-state index contributed by atoms with van der Waals surface area (Å²) in [6, 6.07) is 20.7. The number of hydrogen-bond donors (Lipinski definition) is 0. The van der Waals surface area contributed by atoms with E-state index in [-0.39, 0.29) is 0 Å². The van der Waals surface area contributed by atoms with Crippen LogP contribution in [0.5, 0.6) is 0 Å². The molecule has 32 heavy (non-hydrogen) atoms. The number of allylic oxidation sites excluding steroid dienone is 3. The lowest BCUT2D eigenvalue weighted by atomic mass is 9.84. The van der Waals surface area contributed by atoms with Crippen LogP contribution in [0.15, 0.2) is 78.9 Å². The number of aryl methyl sites for hydroxylation is 2. The van der Waals surface area contributed by atoms with Crippen LogP contribution >= 0.6 is 0 Å². The fourth-order valence-corrected chi connectivity index (χ4v) is 5.47. The molecule has 1 heteroatoms. The van der Waals surface area contributed by atoms with Crippen molar-refractivity contribution in [3.8, 4) is 11.1 Å². The summed E-state index contributed by atoms with van der Waals surface area (Å²) in [5.41, 5.74) is 13.4. The van der Waals surface area contributed by atoms with Crippen molar-refractivity contribution in [3.63, 3.8) is 0 Å². The fourth-order valence-electron chi connectivity index (χ4n) is 5.47. The zero-order chi connectivity index (χ0) is 22.4. The maximum absolute atomic E-state index is 2.47. The van der Waals surface area contributed by atoms with Crippen molar-refractivity contribution in [1.29, 1.82) is 0 Å². The highest BCUT2D eigenvalue weighted by molar-refractivity contribution is 5.84. The summed E-state index contributed by atoms with van der Waals surface area (Å²) < 4.78 is 0. The predicted octanol–water partition coefficient (Wildman–Crippen LogP) is 7.87. The van der Waals surface area contributed by atoms with Crippen molar-refractivity contribution in [2.24, 2.45) is 0 Å². The van der Waals surface area contributed by atoms with Crippen LogP contribution in [-0.4, -0.2) is 13.1 Å². The molecule has 0 saturated carbocycles. The van der Waals surface area contributed by atoms with Crippen LogP contribution in [0.1, 0.15) is 46.2 Å². The van der Waals surface area contributed by atoms with Crippen molar-refractivity contribution >= 4 is 17.3 Å². The van der Waals surface area contributed by atoms with Crippen molar-refractivity contribution in [2.75, 3.05) is 11.9 Å². The number of fused-ring (bicyclic) bond motifs is 3. The first kappa shape index (κ1) is 20.6. The van der Waals surface area contributed by atoms with E-state index in [4.69, 9.17) is 0 Å². The van der Waals surface area contributed by atoms with Gasteiger partial charge < -0.3 is 4.90 Å². The number of para-hydroxylation sites is 1. The molecule has 0 aromatic heterocycles. The fraction of sp³-hybridized carbons (Fsp3) is 0.226. The average Bonchev–Trinajstić information content (AvgIpc) is 3.09. The van der Waals surface area contributed by atoms with Gasteiger partial charge in [0.15, 0.2) is 0 Å². The number of rotatable bonds is 3. The topological polar surface area (TPSA) is 3.24 Å². The third kappa shape index (κ3) is 3.24. The molecule has 3 aromatic rings. The molecule has 0 spiro atoms. The molecule has 0 radical (unpaired) electrons. The molecule has 0 saturated heterocycles. The predicted molar refractivity (Wildman–Crippen MR) is 139 cm³/mol. The quantitative estimate of drug-likeness (QED) is 0.419. The van der Waals surface area contributed by atoms with Crippen molar-refractivity contribution in [2.45, 2.75) is 39.7 Å². The van der Waals surface area contributed by atoms with Crippen LogP contribution < -0.4 is 4.90 Å². The van der Waals surface area contributed by atoms with Crippen LogP contribution in [-0.2, 0) is 0 Å². The first-order chi connectivity index (χ1) is 15.5. The molecule has 1 aliphatic carbocycles. The van der Waals surface area contributed by atoms with Gasteiger partial charge in [-0.3, -0.25) is 0 Å². The highest BCUT2D eigenvalue weighted by Crippen LogP contribution is 2.45. The number of nitrogens with zero attached hydrogens (tertiary/aromatic N) is 1. The van der Waals surface area contributed by atoms with Gasteiger partial charge in [-0.1, -0.05) is 72.8 Å². The van der Waals surface area contributed by atoms with Crippen LogP contribution in [0.3, 0.4) is 0 Å². The lowest BCUT2D eigenvalue weighted by molar-refractivity contribution is 0.725. The Kier molecular flexibility index (Phi) is 5.13. The lowest BCUT2D eigenvalue weighted by Gasteiger charge is -2.26. The van der Waals surface area contributed by atoms with E-state index >= 15 is 0 Å². The third-order valence-corrected chi connectivity index (χ3v) is 7.22. The third-order valence-electron chi connectivity index (χ3n) is 7.22. The van der Waals surface area contributed by atoms with Gasteiger partial charge in [0.1, 0.15) is 0 Å². The van der Waals surface area contributed by atoms with Gasteiger partial charge in [0.05, 0.1) is 6.04 Å². The molecule has 1 aliphatic heterocycles. The average molecular weight is 418 g/mol. The second-order valence-electron chi connectivity index (χ2n) is 9.17. The van der Waals surface area contributed by atoms with Gasteiger partial charge in [-0.2, -0.15) is 0 Å². The van der Waals surface area contributed by atoms with E-state index in [9.17, 15) is 0 Å². The van der Waals surface area contributed by atoms with Gasteiger partial charge in [-0.05, 0) is 89.9 Å². The first-order valence-corrected chi connectivity index (χ1v) is 11.6. The number of anilines is 1. The Morgan fingerprint density at radius 1 is 0.906 bits per heavy atom. The molecule has 2 aliphatic rings. The molecule has 2 unspecified atom stereocenters. The Hall–Kier alpha value is -3.32. The summed E-state index contributed by atoms with van der Waals surface area (Å²) in [6.07, 6.45) is 11.5. The van der Waals surface area contributed by atoms with E-state index in [1.165, 1.54) is 55.8 Å². The minimum Gasteiger partial charge on any atom is -0.367 e. The molecule has 5 rings (SSSR count). The Labute approximate surface area is 192 Å². The highest BCUT2D eigenvalue weighted by Gasteiger charge is 2.35. The Bertz CT molecular complexity index is 1290. The molecular formula is C31H31N. The first-order valence-electron chi connectivity index (χ1n) is 11.6. The lowest BCUT2D eigenvalue weighted by Crippen LogP contribution is -2.29. The highest BCUT2D eigenvalue weighted by atomic mass is 15.2. The number of benzene rings is 3. The molecule has 0 N–H and O–H groups in total. The maximum Gasteiger partial charge on any atom is 0.0577 e. The molecule has 3 aromatic carbocycles. The minimum absolute atomic E-state index is 0.405. The smallest absolute Gasteiger partial charge is 0.0577 e. The largest absolute Gasteiger partial charge is 0.367 e. The molecule has 0 bridgehead atoms. The standard InChI is InChI=1S/C31H31N/c1-6-9-23-14-13-21(3)31(22(23)4)27-18-24(15-12-20(27)2)25-16-17-30-28(19-25)26-10-7-8-11-29(26)32(30)5/h6-19,28,30H,1-5H3/b9-6-. The van der Waals surface area contributed by atoms with Crippen LogP contribution in [0, 0.1) is 20.8 Å². The second kappa shape index (κ2) is 7.98. The van der Waals surface area contributed by atoms with Crippen LogP contribution in [0.2, 0.25) is 0 Å². The molecule has 2 atom stereocenters. The summed E-state index contributed by atoms with van der Waals surface area (Å²) in [5.74, 6) is 0.405. The van der Waals surface area contributed by atoms with E-state index < -0.39 is 0 Å². The number of hydrogen-bond acceptors (Lipinski definition) is 1. The zero-order valence-corrected chi connectivity index (χ0v) is 19.7. The number of likely N-dealkylation sites (N-methyl/N-ethyl adjacent to an activating group) is 1. The summed E-state index contributed by atoms with van der Waals surface area (Å²) in [6.45, 7) is 8.78. The van der Waals surface area contributed by atoms with Crippen LogP contribution in [0.25, 0.3) is 22.8 Å². The van der Waals surface area contributed by atoms with E-state index in [0.717, 1.165) is 0 Å². The molecule has 0 fully saturated rings. The monoisotopic (exact) mass is 417 g/mol. The molecule has 160 valence electrons. The molecule has 1 nitrogen and oxygen atoms in total. The van der Waals surface area contributed by atoms with E-state index in [2.05, 4.69) is 125 Å². The van der Waals surface area contributed by atoms with Crippen molar-refractivity contribution in [1.82, 2.24) is 0 Å². The summed E-state index contributed by atoms with van der Waals surface area (Å²) in [4.78, 5) is 2.41. The Morgan fingerprint density at radius 2 is 1.69 bits per heavy atom. The van der Waals surface area contributed by atoms with E-state index in [1.807, 2.05) is 0 Å². The van der Waals surface area contributed by atoms with E-state index in [1.54, 1.807) is 0 Å². The molecule has 1 heterocycles. The summed E-state index contributed by atoms with van der Waals surface area (Å²) in [7, 11) is 2.21. The van der Waals surface area contributed by atoms with Gasteiger partial charge >= 0.3 is 0 Å². The second-order valence-corrected chi connectivity index (χ2v) is 9.17. The Balaban J connectivity index is 1.60. The van der Waals surface area contributed by atoms with Gasteiger partial charge in [0.25, 0.3) is 0 Å². The molecule has 0 amide bonds. The zero-order valence-electron chi connectivity index (χ0n) is 19.7. The van der Waals surface area contributed by atoms with Gasteiger partial charge in [-0.25, -0.2) is 0 Å². The van der Waals surface area contributed by atoms with E-state index in [0.29, 0.717) is 12.0 Å². The molecular weight excluding hydrogens is 386 g/mol. The summed E-state index contributed by atoms with van der Waals surface area (Å²) >= 11 is 0. The summed E-state index contributed by atoms with van der Waals surface area (Å²) in [5, 5.41) is 0.